The first-order valence-electron chi connectivity index (χ1n) is 5.84. The molecule has 0 aromatic carbocycles. The van der Waals surface area contributed by atoms with E-state index >= 15 is 0 Å². The molecule has 1 amide bonds. The first kappa shape index (κ1) is 15.4. The molecule has 1 saturated carbocycles. The van der Waals surface area contributed by atoms with Crippen LogP contribution in [-0.4, -0.2) is 23.5 Å². The predicted molar refractivity (Wildman–Crippen MR) is 76.8 cm³/mol. The molecule has 1 aromatic heterocycles. The normalized spacial score (nSPS) is 22.3. The number of carbonyl (C=O) groups excluding carboxylic acids is 1. The summed E-state index contributed by atoms with van der Waals surface area (Å²) in [6.07, 6.45) is 4.87. The molecule has 1 heterocycles. The Morgan fingerprint density at radius 2 is 2.33 bits per heavy atom. The van der Waals surface area contributed by atoms with Gasteiger partial charge < -0.3 is 11.1 Å². The molecular weight excluding hydrogens is 318 g/mol. The van der Waals surface area contributed by atoms with Gasteiger partial charge in [-0.1, -0.05) is 6.42 Å². The van der Waals surface area contributed by atoms with Crippen LogP contribution in [0.25, 0.3) is 0 Å². The number of amides is 1. The van der Waals surface area contributed by atoms with Gasteiger partial charge in [-0.25, -0.2) is 4.98 Å². The van der Waals surface area contributed by atoms with E-state index in [9.17, 15) is 4.79 Å². The molecule has 2 rings (SSSR count). The summed E-state index contributed by atoms with van der Waals surface area (Å²) < 4.78 is 0.722. The number of hydrogen-bond donors (Lipinski definition) is 2. The van der Waals surface area contributed by atoms with E-state index in [2.05, 4.69) is 26.2 Å². The zero-order valence-corrected chi connectivity index (χ0v) is 12.3. The fraction of sp³-hybridized carbons (Fsp3) is 0.500. The van der Waals surface area contributed by atoms with Crippen molar-refractivity contribution in [1.29, 1.82) is 0 Å². The molecule has 18 heavy (non-hydrogen) atoms. The third-order valence-electron chi connectivity index (χ3n) is 3.25. The lowest BCUT2D eigenvalue weighted by molar-refractivity contribution is 0.0923. The van der Waals surface area contributed by atoms with Gasteiger partial charge in [-0.2, -0.15) is 0 Å². The maximum absolute atomic E-state index is 12.0. The summed E-state index contributed by atoms with van der Waals surface area (Å²) >= 11 is 3.33. The molecule has 1 aromatic rings. The Morgan fingerprint density at radius 3 is 3.00 bits per heavy atom. The van der Waals surface area contributed by atoms with Crippen LogP contribution in [0.1, 0.15) is 29.8 Å². The lowest BCUT2D eigenvalue weighted by Crippen LogP contribution is -2.40. The van der Waals surface area contributed by atoms with E-state index in [0.29, 0.717) is 18.2 Å². The maximum Gasteiger partial charge on any atom is 0.271 e. The van der Waals surface area contributed by atoms with Crippen LogP contribution < -0.4 is 11.1 Å². The lowest BCUT2D eigenvalue weighted by atomic mass is 10.0. The Bertz CT molecular complexity index is 416. The number of carbonyl (C=O) groups is 1. The Hall–Kier alpha value is -0.650. The number of rotatable bonds is 3. The average Bonchev–Trinajstić information content (AvgIpc) is 2.76. The number of aromatic nitrogens is 1. The van der Waals surface area contributed by atoms with E-state index in [0.717, 1.165) is 23.7 Å². The SMILES string of the molecule is Cl.NCC1CCCC1NC(=O)c1ncccc1Br. The number of pyridine rings is 1. The van der Waals surface area contributed by atoms with Crippen LogP contribution in [0.5, 0.6) is 0 Å². The Labute approximate surface area is 121 Å². The molecule has 3 N–H and O–H groups in total. The fourth-order valence-corrected chi connectivity index (χ4v) is 2.73. The van der Waals surface area contributed by atoms with Crippen LogP contribution in [0.2, 0.25) is 0 Å². The second kappa shape index (κ2) is 7.07. The molecule has 0 spiro atoms. The standard InChI is InChI=1S/C12H16BrN3O.ClH/c13-9-4-2-6-15-11(9)12(17)16-10-5-1-3-8(10)7-14;/h2,4,6,8,10H,1,3,5,7,14H2,(H,16,17);1H. The third kappa shape index (κ3) is 3.43. The smallest absolute Gasteiger partial charge is 0.271 e. The van der Waals surface area contributed by atoms with Crippen molar-refractivity contribution in [2.45, 2.75) is 25.3 Å². The highest BCUT2D eigenvalue weighted by Crippen LogP contribution is 2.25. The summed E-state index contributed by atoms with van der Waals surface area (Å²) in [5, 5.41) is 3.03. The highest BCUT2D eigenvalue weighted by Gasteiger charge is 2.28. The van der Waals surface area contributed by atoms with Crippen molar-refractivity contribution in [2.75, 3.05) is 6.54 Å². The molecule has 1 aliphatic carbocycles. The van der Waals surface area contributed by atoms with Crippen molar-refractivity contribution < 1.29 is 4.79 Å². The Kier molecular flexibility index (Phi) is 6.05. The average molecular weight is 335 g/mol. The minimum absolute atomic E-state index is 0. The van der Waals surface area contributed by atoms with Gasteiger partial charge >= 0.3 is 0 Å². The van der Waals surface area contributed by atoms with E-state index in [4.69, 9.17) is 5.73 Å². The molecule has 1 fully saturated rings. The van der Waals surface area contributed by atoms with Crippen LogP contribution >= 0.6 is 28.3 Å². The molecule has 6 heteroatoms. The molecule has 100 valence electrons. The van der Waals surface area contributed by atoms with Gasteiger partial charge in [0.1, 0.15) is 5.69 Å². The minimum Gasteiger partial charge on any atom is -0.348 e. The summed E-state index contributed by atoms with van der Waals surface area (Å²) in [5.41, 5.74) is 6.13. The van der Waals surface area contributed by atoms with Crippen LogP contribution in [-0.2, 0) is 0 Å². The lowest BCUT2D eigenvalue weighted by Gasteiger charge is -2.19. The Balaban J connectivity index is 0.00000162. The first-order valence-corrected chi connectivity index (χ1v) is 6.63. The molecule has 0 radical (unpaired) electrons. The van der Waals surface area contributed by atoms with Gasteiger partial charge in [-0.3, -0.25) is 4.79 Å². The summed E-state index contributed by atoms with van der Waals surface area (Å²) in [7, 11) is 0. The largest absolute Gasteiger partial charge is 0.348 e. The number of hydrogen-bond acceptors (Lipinski definition) is 3. The second-order valence-corrected chi connectivity index (χ2v) is 5.19. The summed E-state index contributed by atoms with van der Waals surface area (Å²) in [6.45, 7) is 0.633. The van der Waals surface area contributed by atoms with E-state index in [1.165, 1.54) is 0 Å². The number of halogens is 2. The highest BCUT2D eigenvalue weighted by molar-refractivity contribution is 9.10. The summed E-state index contributed by atoms with van der Waals surface area (Å²) in [6, 6.07) is 3.80. The summed E-state index contributed by atoms with van der Waals surface area (Å²) in [4.78, 5) is 16.1. The Morgan fingerprint density at radius 1 is 1.56 bits per heavy atom. The van der Waals surface area contributed by atoms with Gasteiger partial charge in [0.15, 0.2) is 0 Å². The quantitative estimate of drug-likeness (QED) is 0.889. The van der Waals surface area contributed by atoms with Crippen molar-refractivity contribution in [1.82, 2.24) is 10.3 Å². The molecule has 0 bridgehead atoms. The van der Waals surface area contributed by atoms with Crippen LogP contribution in [0.15, 0.2) is 22.8 Å². The molecule has 0 saturated heterocycles. The third-order valence-corrected chi connectivity index (χ3v) is 3.89. The van der Waals surface area contributed by atoms with Crippen molar-refractivity contribution in [3.05, 3.63) is 28.5 Å². The number of nitrogens with zero attached hydrogens (tertiary/aromatic N) is 1. The van der Waals surface area contributed by atoms with E-state index in [1.54, 1.807) is 12.3 Å². The van der Waals surface area contributed by atoms with E-state index in [-0.39, 0.29) is 24.4 Å². The second-order valence-electron chi connectivity index (χ2n) is 4.34. The van der Waals surface area contributed by atoms with Gasteiger partial charge in [0.25, 0.3) is 5.91 Å². The minimum atomic E-state index is -0.122. The zero-order chi connectivity index (χ0) is 12.3. The van der Waals surface area contributed by atoms with Gasteiger partial charge in [0, 0.05) is 16.7 Å². The van der Waals surface area contributed by atoms with Crippen molar-refractivity contribution >= 4 is 34.2 Å². The monoisotopic (exact) mass is 333 g/mol. The highest BCUT2D eigenvalue weighted by atomic mass is 79.9. The van der Waals surface area contributed by atoms with Crippen LogP contribution in [0.4, 0.5) is 0 Å². The molecule has 1 aliphatic rings. The van der Waals surface area contributed by atoms with E-state index in [1.807, 2.05) is 6.07 Å². The fourth-order valence-electron chi connectivity index (χ4n) is 2.30. The number of nitrogens with two attached hydrogens (primary N) is 1. The molecule has 2 atom stereocenters. The summed E-state index contributed by atoms with van der Waals surface area (Å²) in [5.74, 6) is 0.282. The molecular formula is C12H17BrClN3O. The van der Waals surface area contributed by atoms with Crippen LogP contribution in [0, 0.1) is 5.92 Å². The molecule has 2 unspecified atom stereocenters. The number of nitrogens with one attached hydrogen (secondary N) is 1. The maximum atomic E-state index is 12.0. The van der Waals surface area contributed by atoms with Crippen LogP contribution in [0.3, 0.4) is 0 Å². The molecule has 0 aliphatic heterocycles. The topological polar surface area (TPSA) is 68.0 Å². The van der Waals surface area contributed by atoms with Crippen molar-refractivity contribution in [3.63, 3.8) is 0 Å². The first-order chi connectivity index (χ1) is 8.22. The van der Waals surface area contributed by atoms with Gasteiger partial charge in [0.05, 0.1) is 0 Å². The molecule has 4 nitrogen and oxygen atoms in total. The van der Waals surface area contributed by atoms with E-state index < -0.39 is 0 Å². The van der Waals surface area contributed by atoms with Gasteiger partial charge in [-0.15, -0.1) is 12.4 Å². The predicted octanol–water partition coefficient (Wildman–Crippen LogP) is 2.12. The van der Waals surface area contributed by atoms with Gasteiger partial charge in [0.2, 0.25) is 0 Å². The zero-order valence-electron chi connectivity index (χ0n) is 9.93. The van der Waals surface area contributed by atoms with Crippen molar-refractivity contribution in [3.8, 4) is 0 Å². The van der Waals surface area contributed by atoms with Gasteiger partial charge in [-0.05, 0) is 53.4 Å². The van der Waals surface area contributed by atoms with Crippen molar-refractivity contribution in [2.24, 2.45) is 11.7 Å².